The van der Waals surface area contributed by atoms with E-state index in [0.29, 0.717) is 5.71 Å². The lowest BCUT2D eigenvalue weighted by atomic mass is 10.3. The smallest absolute Gasteiger partial charge is 0.118 e. The Morgan fingerprint density at radius 2 is 2.60 bits per heavy atom. The van der Waals surface area contributed by atoms with Crippen LogP contribution in [0.4, 0.5) is 0 Å². The first kappa shape index (κ1) is 6.95. The van der Waals surface area contributed by atoms with E-state index < -0.39 is 0 Å². The highest BCUT2D eigenvalue weighted by Crippen LogP contribution is 1.93. The van der Waals surface area contributed by atoms with E-state index in [1.165, 1.54) is 0 Å². The number of dihydropyridines is 1. The second kappa shape index (κ2) is 3.12. The van der Waals surface area contributed by atoms with E-state index in [0.717, 1.165) is 0 Å². The molecule has 0 fully saturated rings. The number of nitrogens with two attached hydrogens (primary N) is 1. The normalized spacial score (nSPS) is 27.7. The quantitative estimate of drug-likeness (QED) is 0.378. The van der Waals surface area contributed by atoms with Gasteiger partial charge in [0.25, 0.3) is 0 Å². The maximum atomic E-state index is 5.02. The zero-order valence-electron chi connectivity index (χ0n) is 5.78. The molecular formula is C6H10N4. The van der Waals surface area contributed by atoms with Gasteiger partial charge in [0.1, 0.15) is 11.9 Å². The predicted molar refractivity (Wildman–Crippen MR) is 42.1 cm³/mol. The van der Waals surface area contributed by atoms with E-state index in [1.807, 2.05) is 19.2 Å². The van der Waals surface area contributed by atoms with Gasteiger partial charge >= 0.3 is 0 Å². The zero-order valence-corrected chi connectivity index (χ0v) is 5.78. The second-order valence-electron chi connectivity index (χ2n) is 1.92. The molecule has 0 aromatic rings. The number of hydrogen-bond acceptors (Lipinski definition) is 4. The van der Waals surface area contributed by atoms with Crippen molar-refractivity contribution in [2.24, 2.45) is 15.9 Å². The lowest BCUT2D eigenvalue weighted by Gasteiger charge is -2.08. The van der Waals surface area contributed by atoms with Crippen molar-refractivity contribution in [1.82, 2.24) is 5.32 Å². The molecule has 0 aromatic carbocycles. The molecule has 0 saturated heterocycles. The van der Waals surface area contributed by atoms with Crippen LogP contribution in [0.15, 0.2) is 22.2 Å². The Bertz CT molecular complexity index is 176. The molecule has 1 aliphatic rings. The molecule has 0 aliphatic carbocycles. The summed E-state index contributed by atoms with van der Waals surface area (Å²) in [5.41, 5.74) is 0.700. The maximum Gasteiger partial charge on any atom is 0.118 e. The molecule has 4 heteroatoms. The molecule has 0 amide bonds. The standard InChI is InChI=1S/C6H10N4/c1-8-6-3-2-5(10-7)4-9-6/h2-4,6,8H,7H2,1H3. The van der Waals surface area contributed by atoms with Gasteiger partial charge < -0.3 is 5.84 Å². The largest absolute Gasteiger partial charge is 0.323 e. The first-order chi connectivity index (χ1) is 4.86. The third kappa shape index (κ3) is 1.41. The van der Waals surface area contributed by atoms with Crippen molar-refractivity contribution in [1.29, 1.82) is 0 Å². The van der Waals surface area contributed by atoms with Crippen LogP contribution < -0.4 is 11.2 Å². The fourth-order valence-corrected chi connectivity index (χ4v) is 0.686. The maximum absolute atomic E-state index is 5.02. The summed E-state index contributed by atoms with van der Waals surface area (Å²) in [7, 11) is 1.84. The van der Waals surface area contributed by atoms with E-state index in [4.69, 9.17) is 5.84 Å². The van der Waals surface area contributed by atoms with Gasteiger partial charge in [-0.1, -0.05) is 0 Å². The number of allylic oxidation sites excluding steroid dienone is 1. The average Bonchev–Trinajstić information content (AvgIpc) is 2.05. The second-order valence-corrected chi connectivity index (χ2v) is 1.92. The molecule has 1 unspecified atom stereocenters. The Labute approximate surface area is 59.5 Å². The fraction of sp³-hybridized carbons (Fsp3) is 0.333. The number of likely N-dealkylation sites (N-methyl/N-ethyl adjacent to an activating group) is 1. The van der Waals surface area contributed by atoms with Gasteiger partial charge in [-0.25, -0.2) is 0 Å². The van der Waals surface area contributed by atoms with Crippen LogP contribution in [0.5, 0.6) is 0 Å². The molecule has 1 aliphatic heterocycles. The summed E-state index contributed by atoms with van der Waals surface area (Å²) in [5, 5.41) is 6.44. The lowest BCUT2D eigenvalue weighted by Crippen LogP contribution is -2.24. The lowest BCUT2D eigenvalue weighted by molar-refractivity contribution is 0.703. The Morgan fingerprint density at radius 1 is 1.80 bits per heavy atom. The SMILES string of the molecule is CNC1C=CC(=NN)C=N1. The summed E-state index contributed by atoms with van der Waals surface area (Å²) in [4.78, 5) is 4.07. The van der Waals surface area contributed by atoms with Crippen LogP contribution in [0.3, 0.4) is 0 Å². The van der Waals surface area contributed by atoms with Gasteiger partial charge in [0.05, 0.1) is 6.21 Å². The molecule has 0 bridgehead atoms. The Hall–Kier alpha value is -1.16. The molecular weight excluding hydrogens is 128 g/mol. The summed E-state index contributed by atoms with van der Waals surface area (Å²) in [6.45, 7) is 0. The van der Waals surface area contributed by atoms with Crippen LogP contribution in [0.1, 0.15) is 0 Å². The third-order valence-corrected chi connectivity index (χ3v) is 1.26. The van der Waals surface area contributed by atoms with Crippen molar-refractivity contribution in [2.75, 3.05) is 7.05 Å². The van der Waals surface area contributed by atoms with Crippen LogP contribution in [-0.4, -0.2) is 25.1 Å². The van der Waals surface area contributed by atoms with Gasteiger partial charge in [0.15, 0.2) is 0 Å². The predicted octanol–water partition coefficient (Wildman–Crippen LogP) is -0.513. The Balaban J connectivity index is 2.62. The van der Waals surface area contributed by atoms with E-state index in [-0.39, 0.29) is 6.17 Å². The molecule has 0 aromatic heterocycles. The Morgan fingerprint density at radius 3 is 3.00 bits per heavy atom. The Kier molecular flexibility index (Phi) is 2.17. The van der Waals surface area contributed by atoms with E-state index in [9.17, 15) is 0 Å². The van der Waals surface area contributed by atoms with Crippen LogP contribution in [-0.2, 0) is 0 Å². The van der Waals surface area contributed by atoms with Crippen LogP contribution in [0, 0.1) is 0 Å². The summed E-state index contributed by atoms with van der Waals surface area (Å²) in [6, 6.07) is 0. The molecule has 1 heterocycles. The first-order valence-corrected chi connectivity index (χ1v) is 3.03. The van der Waals surface area contributed by atoms with Crippen LogP contribution in [0.2, 0.25) is 0 Å². The van der Waals surface area contributed by atoms with Gasteiger partial charge in [-0.05, 0) is 19.2 Å². The molecule has 0 saturated carbocycles. The number of aliphatic imine (C=N–C) groups is 1. The van der Waals surface area contributed by atoms with E-state index in [2.05, 4.69) is 15.4 Å². The molecule has 0 radical (unpaired) electrons. The summed E-state index contributed by atoms with van der Waals surface area (Å²) < 4.78 is 0. The van der Waals surface area contributed by atoms with Crippen molar-refractivity contribution in [3.63, 3.8) is 0 Å². The minimum atomic E-state index is 0.0745. The van der Waals surface area contributed by atoms with Crippen molar-refractivity contribution < 1.29 is 0 Å². The highest BCUT2D eigenvalue weighted by Gasteiger charge is 2.01. The molecule has 4 nitrogen and oxygen atoms in total. The van der Waals surface area contributed by atoms with E-state index >= 15 is 0 Å². The van der Waals surface area contributed by atoms with Gasteiger partial charge in [0, 0.05) is 0 Å². The molecule has 3 N–H and O–H groups in total. The summed E-state index contributed by atoms with van der Waals surface area (Å²) in [6.07, 6.45) is 5.44. The molecule has 1 atom stereocenters. The molecule has 10 heavy (non-hydrogen) atoms. The number of hydrazone groups is 1. The van der Waals surface area contributed by atoms with Gasteiger partial charge in [-0.2, -0.15) is 5.10 Å². The van der Waals surface area contributed by atoms with Crippen molar-refractivity contribution in [2.45, 2.75) is 6.17 Å². The fourth-order valence-electron chi connectivity index (χ4n) is 0.686. The number of nitrogens with one attached hydrogen (secondary N) is 1. The highest BCUT2D eigenvalue weighted by atomic mass is 15.1. The minimum Gasteiger partial charge on any atom is -0.323 e. The van der Waals surface area contributed by atoms with Crippen molar-refractivity contribution >= 4 is 11.9 Å². The topological polar surface area (TPSA) is 62.8 Å². The number of nitrogens with zero attached hydrogens (tertiary/aromatic N) is 2. The van der Waals surface area contributed by atoms with Crippen LogP contribution >= 0.6 is 0 Å². The van der Waals surface area contributed by atoms with Crippen molar-refractivity contribution in [3.8, 4) is 0 Å². The number of hydrogen-bond donors (Lipinski definition) is 2. The minimum absolute atomic E-state index is 0.0745. The average molecular weight is 138 g/mol. The summed E-state index contributed by atoms with van der Waals surface area (Å²) in [5.74, 6) is 5.02. The zero-order chi connectivity index (χ0) is 7.40. The molecule has 54 valence electrons. The molecule has 0 spiro atoms. The van der Waals surface area contributed by atoms with Crippen molar-refractivity contribution in [3.05, 3.63) is 12.2 Å². The van der Waals surface area contributed by atoms with Gasteiger partial charge in [-0.15, -0.1) is 0 Å². The van der Waals surface area contributed by atoms with Gasteiger partial charge in [0.2, 0.25) is 0 Å². The number of rotatable bonds is 1. The molecule has 1 rings (SSSR count). The first-order valence-electron chi connectivity index (χ1n) is 3.03. The van der Waals surface area contributed by atoms with E-state index in [1.54, 1.807) is 6.21 Å². The monoisotopic (exact) mass is 138 g/mol. The highest BCUT2D eigenvalue weighted by molar-refractivity contribution is 6.36. The third-order valence-electron chi connectivity index (χ3n) is 1.26. The van der Waals surface area contributed by atoms with Gasteiger partial charge in [-0.3, -0.25) is 10.3 Å². The van der Waals surface area contributed by atoms with Crippen LogP contribution in [0.25, 0.3) is 0 Å². The summed E-state index contributed by atoms with van der Waals surface area (Å²) >= 11 is 0.